The third-order valence-corrected chi connectivity index (χ3v) is 4.07. The fourth-order valence-corrected chi connectivity index (χ4v) is 2.47. The molecule has 136 valence electrons. The summed E-state index contributed by atoms with van der Waals surface area (Å²) in [5, 5.41) is 11.7. The van der Waals surface area contributed by atoms with Gasteiger partial charge in [-0.15, -0.1) is 0 Å². The zero-order valence-corrected chi connectivity index (χ0v) is 14.9. The summed E-state index contributed by atoms with van der Waals surface area (Å²) in [6.45, 7) is 1.79. The van der Waals surface area contributed by atoms with E-state index in [1.165, 1.54) is 12.1 Å². The molecule has 0 aliphatic rings. The number of aryl methyl sites for hydroxylation is 1. The quantitative estimate of drug-likeness (QED) is 0.797. The highest BCUT2D eigenvalue weighted by Gasteiger charge is 2.13. The van der Waals surface area contributed by atoms with E-state index in [0.717, 1.165) is 11.3 Å². The van der Waals surface area contributed by atoms with Gasteiger partial charge in [0.15, 0.2) is 0 Å². The molecule has 0 heterocycles. The zero-order valence-electron chi connectivity index (χ0n) is 14.9. The summed E-state index contributed by atoms with van der Waals surface area (Å²) in [5.41, 5.74) is 2.18. The van der Waals surface area contributed by atoms with Crippen LogP contribution in [0.2, 0.25) is 0 Å². The van der Waals surface area contributed by atoms with Crippen molar-refractivity contribution in [3.63, 3.8) is 0 Å². The van der Waals surface area contributed by atoms with Gasteiger partial charge in [0.05, 0.1) is 5.56 Å². The number of amides is 2. The number of anilines is 2. The van der Waals surface area contributed by atoms with Gasteiger partial charge in [0, 0.05) is 31.3 Å². The fraction of sp³-hybridized carbons (Fsp3) is 0.250. The third-order valence-electron chi connectivity index (χ3n) is 4.07. The molecule has 26 heavy (non-hydrogen) atoms. The third kappa shape index (κ3) is 5.17. The second-order valence-corrected chi connectivity index (χ2v) is 6.02. The number of nitrogens with zero attached hydrogens (tertiary/aromatic N) is 1. The van der Waals surface area contributed by atoms with Gasteiger partial charge in [-0.2, -0.15) is 0 Å². The number of para-hydroxylation sites is 1. The molecule has 0 aromatic heterocycles. The summed E-state index contributed by atoms with van der Waals surface area (Å²) >= 11 is 0. The number of carboxylic acids is 1. The molecule has 2 amide bonds. The molecule has 6 heteroatoms. The van der Waals surface area contributed by atoms with Gasteiger partial charge >= 0.3 is 5.97 Å². The molecule has 0 radical (unpaired) electrons. The molecular weight excluding hydrogens is 332 g/mol. The molecule has 0 saturated heterocycles. The van der Waals surface area contributed by atoms with E-state index in [1.54, 1.807) is 24.9 Å². The number of nitrogens with one attached hydrogen (secondary N) is 1. The smallest absolute Gasteiger partial charge is 0.335 e. The molecule has 2 rings (SSSR count). The van der Waals surface area contributed by atoms with Crippen molar-refractivity contribution >= 4 is 29.2 Å². The number of aromatic carboxylic acids is 1. The van der Waals surface area contributed by atoms with Crippen molar-refractivity contribution in [1.82, 2.24) is 0 Å². The molecule has 0 unspecified atom stereocenters. The fourth-order valence-electron chi connectivity index (χ4n) is 2.47. The maximum absolute atomic E-state index is 12.2. The number of rotatable bonds is 7. The minimum Gasteiger partial charge on any atom is -0.478 e. The topological polar surface area (TPSA) is 86.7 Å². The van der Waals surface area contributed by atoms with Gasteiger partial charge in [-0.1, -0.05) is 24.3 Å². The van der Waals surface area contributed by atoms with Crippen LogP contribution in [0.1, 0.15) is 35.2 Å². The van der Waals surface area contributed by atoms with E-state index >= 15 is 0 Å². The van der Waals surface area contributed by atoms with Crippen LogP contribution >= 0.6 is 0 Å². The molecule has 2 aromatic carbocycles. The molecule has 0 aliphatic heterocycles. The molecule has 0 bridgehead atoms. The van der Waals surface area contributed by atoms with Gasteiger partial charge in [-0.05, 0) is 43.2 Å². The first kappa shape index (κ1) is 19.2. The Bertz CT molecular complexity index is 803. The highest BCUT2D eigenvalue weighted by Crippen LogP contribution is 2.18. The Labute approximate surface area is 152 Å². The Morgan fingerprint density at radius 3 is 2.38 bits per heavy atom. The Morgan fingerprint density at radius 1 is 1.04 bits per heavy atom. The number of carboxylic acid groups (broad SMARTS) is 1. The van der Waals surface area contributed by atoms with E-state index in [9.17, 15) is 14.4 Å². The average molecular weight is 354 g/mol. The lowest BCUT2D eigenvalue weighted by molar-refractivity contribution is -0.118. The van der Waals surface area contributed by atoms with Crippen LogP contribution in [0.4, 0.5) is 11.4 Å². The van der Waals surface area contributed by atoms with Crippen LogP contribution in [0.15, 0.2) is 48.5 Å². The van der Waals surface area contributed by atoms with E-state index in [0.29, 0.717) is 12.1 Å². The molecule has 2 N–H and O–H groups in total. The van der Waals surface area contributed by atoms with Crippen molar-refractivity contribution in [2.45, 2.75) is 26.2 Å². The zero-order chi connectivity index (χ0) is 19.1. The van der Waals surface area contributed by atoms with Crippen LogP contribution in [0.3, 0.4) is 0 Å². The molecule has 6 nitrogen and oxygen atoms in total. The predicted octanol–water partition coefficient (Wildman–Crippen LogP) is 3.47. The summed E-state index contributed by atoms with van der Waals surface area (Å²) in [6, 6.07) is 13.9. The van der Waals surface area contributed by atoms with E-state index in [2.05, 4.69) is 5.32 Å². The Balaban J connectivity index is 1.85. The molecule has 0 spiro atoms. The van der Waals surface area contributed by atoms with Crippen molar-refractivity contribution in [3.8, 4) is 0 Å². The number of hydrogen-bond acceptors (Lipinski definition) is 3. The normalized spacial score (nSPS) is 10.2. The first-order valence-electron chi connectivity index (χ1n) is 8.34. The molecular formula is C20H22N2O4. The SMILES string of the molecule is Cc1ccc(C(=O)O)cc1NC(=O)CCCC(=O)N(C)c1ccccc1. The lowest BCUT2D eigenvalue weighted by Crippen LogP contribution is -2.26. The van der Waals surface area contributed by atoms with Crippen molar-refractivity contribution in [2.75, 3.05) is 17.3 Å². The summed E-state index contributed by atoms with van der Waals surface area (Å²) < 4.78 is 0. The second kappa shape index (κ2) is 8.80. The van der Waals surface area contributed by atoms with Crippen LogP contribution in [-0.4, -0.2) is 29.9 Å². The Kier molecular flexibility index (Phi) is 6.49. The van der Waals surface area contributed by atoms with Crippen molar-refractivity contribution < 1.29 is 19.5 Å². The summed E-state index contributed by atoms with van der Waals surface area (Å²) in [4.78, 5) is 36.9. The van der Waals surface area contributed by atoms with E-state index in [1.807, 2.05) is 30.3 Å². The molecule has 0 atom stereocenters. The van der Waals surface area contributed by atoms with Crippen molar-refractivity contribution in [2.24, 2.45) is 0 Å². The molecule has 0 aliphatic carbocycles. The lowest BCUT2D eigenvalue weighted by Gasteiger charge is -2.17. The maximum atomic E-state index is 12.2. The highest BCUT2D eigenvalue weighted by atomic mass is 16.4. The average Bonchev–Trinajstić information content (AvgIpc) is 2.63. The first-order valence-corrected chi connectivity index (χ1v) is 8.34. The second-order valence-electron chi connectivity index (χ2n) is 6.02. The van der Waals surface area contributed by atoms with Gasteiger partial charge in [-0.25, -0.2) is 4.79 Å². The lowest BCUT2D eigenvalue weighted by atomic mass is 10.1. The van der Waals surface area contributed by atoms with Crippen molar-refractivity contribution in [3.05, 3.63) is 59.7 Å². The van der Waals surface area contributed by atoms with Gasteiger partial charge in [0.25, 0.3) is 0 Å². The highest BCUT2D eigenvalue weighted by molar-refractivity contribution is 5.96. The van der Waals surface area contributed by atoms with Crippen LogP contribution in [0, 0.1) is 6.92 Å². The monoisotopic (exact) mass is 354 g/mol. The molecule has 0 saturated carbocycles. The molecule has 0 fully saturated rings. The summed E-state index contributed by atoms with van der Waals surface area (Å²) in [7, 11) is 1.71. The summed E-state index contributed by atoms with van der Waals surface area (Å²) in [5.74, 6) is -1.35. The largest absolute Gasteiger partial charge is 0.478 e. The van der Waals surface area contributed by atoms with Crippen LogP contribution in [-0.2, 0) is 9.59 Å². The minimum absolute atomic E-state index is 0.0620. The first-order chi connectivity index (χ1) is 12.4. The van der Waals surface area contributed by atoms with Gasteiger partial charge in [0.2, 0.25) is 11.8 Å². The predicted molar refractivity (Wildman–Crippen MR) is 100 cm³/mol. The van der Waals surface area contributed by atoms with Crippen LogP contribution in [0.5, 0.6) is 0 Å². The molecule has 2 aromatic rings. The summed E-state index contributed by atoms with van der Waals surface area (Å²) in [6.07, 6.45) is 0.859. The number of carbonyl (C=O) groups excluding carboxylic acids is 2. The Hall–Kier alpha value is -3.15. The van der Waals surface area contributed by atoms with Crippen LogP contribution < -0.4 is 10.2 Å². The van der Waals surface area contributed by atoms with E-state index in [-0.39, 0.29) is 30.2 Å². The van der Waals surface area contributed by atoms with Crippen molar-refractivity contribution in [1.29, 1.82) is 0 Å². The Morgan fingerprint density at radius 2 is 1.73 bits per heavy atom. The van der Waals surface area contributed by atoms with E-state index in [4.69, 9.17) is 5.11 Å². The van der Waals surface area contributed by atoms with E-state index < -0.39 is 5.97 Å². The number of hydrogen-bond donors (Lipinski definition) is 2. The van der Waals surface area contributed by atoms with Gasteiger partial charge in [-0.3, -0.25) is 9.59 Å². The standard InChI is InChI=1S/C20H22N2O4/c1-14-11-12-15(20(25)26)13-17(14)21-18(23)9-6-10-19(24)22(2)16-7-4-3-5-8-16/h3-5,7-8,11-13H,6,9-10H2,1-2H3,(H,21,23)(H,25,26). The van der Waals surface area contributed by atoms with Gasteiger partial charge in [0.1, 0.15) is 0 Å². The number of benzene rings is 2. The number of carbonyl (C=O) groups is 3. The minimum atomic E-state index is -1.05. The maximum Gasteiger partial charge on any atom is 0.335 e. The van der Waals surface area contributed by atoms with Gasteiger partial charge < -0.3 is 15.3 Å². The van der Waals surface area contributed by atoms with Crippen LogP contribution in [0.25, 0.3) is 0 Å².